The van der Waals surface area contributed by atoms with E-state index in [1.165, 1.54) is 16.8 Å². The van der Waals surface area contributed by atoms with Crippen LogP contribution in [0.3, 0.4) is 0 Å². The number of β-amino-alcohol motifs (C(OH)–C–C–N with tert-alkyl or cyclic N) is 1. The Morgan fingerprint density at radius 3 is 2.68 bits per heavy atom. The van der Waals surface area contributed by atoms with Gasteiger partial charge < -0.3 is 20.1 Å². The zero-order valence-electron chi connectivity index (χ0n) is 15.6. The normalized spacial score (nSPS) is 16.9. The first-order valence-electron chi connectivity index (χ1n) is 9.56. The molecule has 7 heteroatoms. The lowest BCUT2D eigenvalue weighted by Gasteiger charge is -2.33. The summed E-state index contributed by atoms with van der Waals surface area (Å²) in [6.45, 7) is 2.64. The molecule has 0 saturated carbocycles. The molecule has 28 heavy (non-hydrogen) atoms. The van der Waals surface area contributed by atoms with Crippen molar-refractivity contribution in [3.63, 3.8) is 0 Å². The van der Waals surface area contributed by atoms with Gasteiger partial charge in [-0.25, -0.2) is 9.37 Å². The van der Waals surface area contributed by atoms with Crippen LogP contribution in [0, 0.1) is 5.82 Å². The van der Waals surface area contributed by atoms with Crippen molar-refractivity contribution in [2.75, 3.05) is 31.6 Å². The highest BCUT2D eigenvalue weighted by Gasteiger charge is 2.22. The molecule has 0 amide bonds. The highest BCUT2D eigenvalue weighted by molar-refractivity contribution is 7.22. The number of fused-ring (bicyclic) bond motifs is 1. The molecule has 5 nitrogen and oxygen atoms in total. The molecule has 1 saturated heterocycles. The van der Waals surface area contributed by atoms with Crippen molar-refractivity contribution in [1.29, 1.82) is 0 Å². The van der Waals surface area contributed by atoms with Crippen LogP contribution in [0.5, 0.6) is 5.75 Å². The van der Waals surface area contributed by atoms with Crippen LogP contribution in [0.25, 0.3) is 10.2 Å². The summed E-state index contributed by atoms with van der Waals surface area (Å²) in [5.74, 6) is 0.273. The van der Waals surface area contributed by atoms with Crippen LogP contribution in [0.4, 0.5) is 9.52 Å². The number of halogens is 1. The van der Waals surface area contributed by atoms with Gasteiger partial charge in [0.25, 0.3) is 0 Å². The summed E-state index contributed by atoms with van der Waals surface area (Å²) in [6, 6.07) is 14.4. The van der Waals surface area contributed by atoms with Gasteiger partial charge >= 0.3 is 0 Å². The van der Waals surface area contributed by atoms with Crippen LogP contribution >= 0.6 is 11.3 Å². The van der Waals surface area contributed by atoms with Crippen LogP contribution in [0.2, 0.25) is 0 Å². The molecule has 1 unspecified atom stereocenters. The summed E-state index contributed by atoms with van der Waals surface area (Å²) in [7, 11) is 0. The average molecular weight is 402 g/mol. The summed E-state index contributed by atoms with van der Waals surface area (Å²) in [5, 5.41) is 14.8. The van der Waals surface area contributed by atoms with E-state index in [2.05, 4.69) is 21.3 Å². The third-order valence-corrected chi connectivity index (χ3v) is 5.90. The Hall–Kier alpha value is -2.22. The second-order valence-electron chi connectivity index (χ2n) is 7.12. The van der Waals surface area contributed by atoms with Gasteiger partial charge in [-0.15, -0.1) is 0 Å². The lowest BCUT2D eigenvalue weighted by molar-refractivity contribution is 0.0605. The fraction of sp³-hybridized carbons (Fsp3) is 0.381. The van der Waals surface area contributed by atoms with Crippen LogP contribution in [-0.2, 0) is 0 Å². The van der Waals surface area contributed by atoms with Crippen molar-refractivity contribution >= 4 is 26.7 Å². The van der Waals surface area contributed by atoms with Gasteiger partial charge in [-0.3, -0.25) is 0 Å². The first-order chi connectivity index (χ1) is 13.7. The second-order valence-corrected chi connectivity index (χ2v) is 8.16. The Balaban J connectivity index is 1.20. The van der Waals surface area contributed by atoms with E-state index in [0.717, 1.165) is 36.6 Å². The fourth-order valence-corrected chi connectivity index (χ4v) is 4.39. The number of benzene rings is 2. The number of piperidine rings is 1. The molecule has 2 heterocycles. The number of aliphatic hydroxyl groups is 1. The third-order valence-electron chi connectivity index (χ3n) is 4.93. The molecule has 0 spiro atoms. The molecule has 0 radical (unpaired) electrons. The van der Waals surface area contributed by atoms with Crippen molar-refractivity contribution in [2.24, 2.45) is 0 Å². The van der Waals surface area contributed by atoms with Crippen molar-refractivity contribution in [2.45, 2.75) is 25.0 Å². The van der Waals surface area contributed by atoms with Crippen molar-refractivity contribution < 1.29 is 14.2 Å². The number of rotatable bonds is 7. The van der Waals surface area contributed by atoms with Gasteiger partial charge in [-0.05, 0) is 49.2 Å². The Bertz CT molecular complexity index is 861. The van der Waals surface area contributed by atoms with E-state index in [1.807, 2.05) is 18.2 Å². The van der Waals surface area contributed by atoms with Crippen molar-refractivity contribution in [3.8, 4) is 5.75 Å². The second kappa shape index (κ2) is 8.86. The highest BCUT2D eigenvalue weighted by atomic mass is 32.1. The van der Waals surface area contributed by atoms with E-state index in [9.17, 15) is 9.50 Å². The number of nitrogens with one attached hydrogen (secondary N) is 1. The summed E-state index contributed by atoms with van der Waals surface area (Å²) >= 11 is 1.69. The molecule has 148 valence electrons. The molecule has 3 aromatic rings. The zero-order chi connectivity index (χ0) is 19.3. The Kier molecular flexibility index (Phi) is 6.04. The van der Waals surface area contributed by atoms with E-state index in [1.54, 1.807) is 23.5 Å². The van der Waals surface area contributed by atoms with Crippen LogP contribution in [-0.4, -0.2) is 53.4 Å². The smallest absolute Gasteiger partial charge is 0.184 e. The number of ether oxygens (including phenoxy) is 1. The molecule has 2 N–H and O–H groups in total. The molecule has 1 atom stereocenters. The first kappa shape index (κ1) is 19.1. The molecule has 1 aliphatic heterocycles. The predicted molar refractivity (Wildman–Crippen MR) is 111 cm³/mol. The van der Waals surface area contributed by atoms with E-state index >= 15 is 0 Å². The molecule has 0 aliphatic carbocycles. The van der Waals surface area contributed by atoms with Gasteiger partial charge in [-0.1, -0.05) is 23.5 Å². The molecule has 1 aliphatic rings. The third kappa shape index (κ3) is 4.98. The van der Waals surface area contributed by atoms with Gasteiger partial charge in [0, 0.05) is 25.7 Å². The lowest BCUT2D eigenvalue weighted by Crippen LogP contribution is -2.43. The molecule has 4 rings (SSSR count). The van der Waals surface area contributed by atoms with Crippen LogP contribution in [0.1, 0.15) is 12.8 Å². The summed E-state index contributed by atoms with van der Waals surface area (Å²) < 4.78 is 19.6. The Morgan fingerprint density at radius 1 is 1.18 bits per heavy atom. The van der Waals surface area contributed by atoms with Gasteiger partial charge in [0.1, 0.15) is 24.3 Å². The molecule has 0 bridgehead atoms. The minimum Gasteiger partial charge on any atom is -0.491 e. The maximum Gasteiger partial charge on any atom is 0.184 e. The average Bonchev–Trinajstić information content (AvgIpc) is 3.11. The minimum atomic E-state index is -0.571. The van der Waals surface area contributed by atoms with Gasteiger partial charge in [-0.2, -0.15) is 0 Å². The van der Waals surface area contributed by atoms with Crippen LogP contribution < -0.4 is 10.1 Å². The van der Waals surface area contributed by atoms with Gasteiger partial charge in [0.05, 0.1) is 10.2 Å². The minimum absolute atomic E-state index is 0.204. The maximum atomic E-state index is 12.9. The van der Waals surface area contributed by atoms with Crippen LogP contribution in [0.15, 0.2) is 48.5 Å². The highest BCUT2D eigenvalue weighted by Crippen LogP contribution is 2.27. The van der Waals surface area contributed by atoms with Crippen molar-refractivity contribution in [1.82, 2.24) is 9.88 Å². The number of aliphatic hydroxyl groups excluding tert-OH is 1. The number of anilines is 1. The number of hydrogen-bond acceptors (Lipinski definition) is 6. The maximum absolute atomic E-state index is 12.9. The van der Waals surface area contributed by atoms with E-state index in [-0.39, 0.29) is 12.4 Å². The quantitative estimate of drug-likeness (QED) is 0.631. The number of nitrogens with zero attached hydrogens (tertiary/aromatic N) is 2. The molecule has 2 aromatic carbocycles. The first-order valence-corrected chi connectivity index (χ1v) is 10.4. The SMILES string of the molecule is OC(COc1ccc(F)cc1)CN1CCC(Nc2nc3ccccc3s2)CC1. The van der Waals surface area contributed by atoms with Gasteiger partial charge in [0.2, 0.25) is 0 Å². The standard InChI is InChI=1S/C21H24FN3O2S/c22-15-5-7-18(8-6-15)27-14-17(26)13-25-11-9-16(10-12-25)23-21-24-19-3-1-2-4-20(19)28-21/h1-8,16-17,26H,9-14H2,(H,23,24). The van der Waals surface area contributed by atoms with E-state index in [4.69, 9.17) is 4.74 Å². The van der Waals surface area contributed by atoms with E-state index < -0.39 is 6.10 Å². The molecule has 1 aromatic heterocycles. The zero-order valence-corrected chi connectivity index (χ0v) is 16.4. The fourth-order valence-electron chi connectivity index (χ4n) is 3.44. The van der Waals surface area contributed by atoms with Crippen molar-refractivity contribution in [3.05, 3.63) is 54.3 Å². The number of aromatic nitrogens is 1. The molecular formula is C21H24FN3O2S. The monoisotopic (exact) mass is 401 g/mol. The van der Waals surface area contributed by atoms with E-state index in [0.29, 0.717) is 18.3 Å². The van der Waals surface area contributed by atoms with Gasteiger partial charge in [0.15, 0.2) is 5.13 Å². The Labute approximate surface area is 167 Å². The number of hydrogen-bond donors (Lipinski definition) is 2. The Morgan fingerprint density at radius 2 is 1.93 bits per heavy atom. The summed E-state index contributed by atoms with van der Waals surface area (Å²) in [4.78, 5) is 6.91. The largest absolute Gasteiger partial charge is 0.491 e. The summed E-state index contributed by atoms with van der Waals surface area (Å²) in [6.07, 6.45) is 1.46. The topological polar surface area (TPSA) is 57.6 Å². The number of likely N-dealkylation sites (tertiary alicyclic amines) is 1. The summed E-state index contributed by atoms with van der Waals surface area (Å²) in [5.41, 5.74) is 1.04. The molecule has 1 fully saturated rings. The lowest BCUT2D eigenvalue weighted by atomic mass is 10.1. The number of thiazole rings is 1. The predicted octanol–water partition coefficient (Wildman–Crippen LogP) is 3.75. The number of para-hydroxylation sites is 1. The molecular weight excluding hydrogens is 377 g/mol.